The highest BCUT2D eigenvalue weighted by atomic mass is 16.5. The van der Waals surface area contributed by atoms with Gasteiger partial charge >= 0.3 is 0 Å². The van der Waals surface area contributed by atoms with Crippen LogP contribution in [0.5, 0.6) is 11.5 Å². The maximum atomic E-state index is 8.94. The molecule has 3 aliphatic rings. The molecule has 0 amide bonds. The Morgan fingerprint density at radius 3 is 2.44 bits per heavy atom. The van der Waals surface area contributed by atoms with Gasteiger partial charge in [0.1, 0.15) is 24.2 Å². The van der Waals surface area contributed by atoms with Crippen molar-refractivity contribution < 1.29 is 19.3 Å². The van der Waals surface area contributed by atoms with Crippen molar-refractivity contribution in [1.82, 2.24) is 0 Å². The van der Waals surface area contributed by atoms with Crippen LogP contribution in [0.4, 0.5) is 0 Å². The Hall–Kier alpha value is -3.34. The normalized spacial score (nSPS) is 25.5. The highest BCUT2D eigenvalue weighted by molar-refractivity contribution is 5.46. The number of fused-ring (bicyclic) bond motifs is 1. The van der Waals surface area contributed by atoms with Gasteiger partial charge in [-0.15, -0.1) is 0 Å². The molecule has 3 aromatic carbocycles. The molecule has 3 aliphatic carbocycles. The molecular weight excluding hydrogens is 484 g/mol. The van der Waals surface area contributed by atoms with Crippen LogP contribution in [0.25, 0.3) is 0 Å². The second kappa shape index (κ2) is 12.2. The molecular formula is C35H38O4. The van der Waals surface area contributed by atoms with E-state index in [1.165, 1.54) is 22.3 Å². The highest BCUT2D eigenvalue weighted by Crippen LogP contribution is 2.47. The molecule has 0 heterocycles. The highest BCUT2D eigenvalue weighted by Gasteiger charge is 2.35. The third-order valence-electron chi connectivity index (χ3n) is 8.48. The lowest BCUT2D eigenvalue weighted by Crippen LogP contribution is -2.40. The lowest BCUT2D eigenvalue weighted by atomic mass is 9.66. The van der Waals surface area contributed by atoms with Crippen LogP contribution in [0.1, 0.15) is 53.9 Å². The first-order valence-corrected chi connectivity index (χ1v) is 14.4. The standard InChI is InChI=1S/C35H38O4/c36-19-20-37-31-22-32(23-31)39-29-14-11-27(12-15-29)35-33(26-9-5-2-6-10-26)17-13-28-21-30(16-18-34(28)35)38-24-25-7-3-1-4-8-25/h1-9,11-12,14-16,18,21,26,31-33,35-36H,10,13,17,19-20,22-24H2/t26?,31?,32?,33-,35+/m1/s1. The van der Waals surface area contributed by atoms with Gasteiger partial charge in [0.2, 0.25) is 0 Å². The minimum Gasteiger partial charge on any atom is -0.490 e. The van der Waals surface area contributed by atoms with Crippen LogP contribution in [0.15, 0.2) is 97.1 Å². The lowest BCUT2D eigenvalue weighted by Gasteiger charge is -2.39. The third-order valence-corrected chi connectivity index (χ3v) is 8.48. The van der Waals surface area contributed by atoms with E-state index in [1.54, 1.807) is 0 Å². The zero-order valence-corrected chi connectivity index (χ0v) is 22.5. The Balaban J connectivity index is 1.19. The quantitative estimate of drug-likeness (QED) is 0.311. The maximum absolute atomic E-state index is 8.94. The molecule has 0 aromatic heterocycles. The minimum absolute atomic E-state index is 0.0732. The molecule has 4 nitrogen and oxygen atoms in total. The molecule has 4 heteroatoms. The summed E-state index contributed by atoms with van der Waals surface area (Å²) in [4.78, 5) is 0. The Labute approximate surface area is 231 Å². The zero-order chi connectivity index (χ0) is 26.4. The number of ether oxygens (including phenoxy) is 3. The Kier molecular flexibility index (Phi) is 8.13. The van der Waals surface area contributed by atoms with Gasteiger partial charge in [0.15, 0.2) is 0 Å². The van der Waals surface area contributed by atoms with E-state index >= 15 is 0 Å². The molecule has 3 atom stereocenters. The maximum Gasteiger partial charge on any atom is 0.120 e. The van der Waals surface area contributed by atoms with Crippen LogP contribution in [0, 0.1) is 11.8 Å². The summed E-state index contributed by atoms with van der Waals surface area (Å²) in [5.74, 6) is 3.30. The number of allylic oxidation sites excluding steroid dienone is 4. The molecule has 0 bridgehead atoms. The molecule has 0 aliphatic heterocycles. The summed E-state index contributed by atoms with van der Waals surface area (Å²) >= 11 is 0. The molecule has 39 heavy (non-hydrogen) atoms. The lowest BCUT2D eigenvalue weighted by molar-refractivity contribution is -0.0688. The molecule has 0 saturated heterocycles. The molecule has 202 valence electrons. The Morgan fingerprint density at radius 1 is 0.846 bits per heavy atom. The first-order chi connectivity index (χ1) is 19.3. The number of hydrogen-bond donors (Lipinski definition) is 1. The van der Waals surface area contributed by atoms with Crippen molar-refractivity contribution in [2.24, 2.45) is 11.8 Å². The van der Waals surface area contributed by atoms with Gasteiger partial charge in [-0.05, 0) is 77.6 Å². The van der Waals surface area contributed by atoms with E-state index in [2.05, 4.69) is 91.0 Å². The van der Waals surface area contributed by atoms with E-state index in [-0.39, 0.29) is 18.8 Å². The van der Waals surface area contributed by atoms with Crippen molar-refractivity contribution in [2.45, 2.75) is 56.8 Å². The van der Waals surface area contributed by atoms with Crippen LogP contribution >= 0.6 is 0 Å². The average molecular weight is 523 g/mol. The fourth-order valence-corrected chi connectivity index (χ4v) is 6.37. The van der Waals surface area contributed by atoms with Gasteiger partial charge in [-0.25, -0.2) is 0 Å². The summed E-state index contributed by atoms with van der Waals surface area (Å²) in [6.07, 6.45) is 14.6. The van der Waals surface area contributed by atoms with E-state index in [0.29, 0.717) is 31.0 Å². The third kappa shape index (κ3) is 6.13. The minimum atomic E-state index is 0.0732. The van der Waals surface area contributed by atoms with Crippen molar-refractivity contribution in [1.29, 1.82) is 0 Å². The molecule has 1 N–H and O–H groups in total. The van der Waals surface area contributed by atoms with Crippen LogP contribution in [-0.4, -0.2) is 30.5 Å². The summed E-state index contributed by atoms with van der Waals surface area (Å²) in [6.45, 7) is 1.06. The predicted octanol–water partition coefficient (Wildman–Crippen LogP) is 7.01. The van der Waals surface area contributed by atoms with Crippen molar-refractivity contribution >= 4 is 0 Å². The Morgan fingerprint density at radius 2 is 1.67 bits per heavy atom. The first kappa shape index (κ1) is 25.9. The second-order valence-electron chi connectivity index (χ2n) is 11.0. The molecule has 0 radical (unpaired) electrons. The summed E-state index contributed by atoms with van der Waals surface area (Å²) in [6, 6.07) is 25.9. The van der Waals surface area contributed by atoms with Gasteiger partial charge < -0.3 is 19.3 Å². The summed E-state index contributed by atoms with van der Waals surface area (Å²) in [7, 11) is 0. The van der Waals surface area contributed by atoms with Crippen LogP contribution in [0.3, 0.4) is 0 Å². The molecule has 6 rings (SSSR count). The number of aliphatic hydroxyl groups is 1. The molecule has 1 unspecified atom stereocenters. The molecule has 0 spiro atoms. The number of hydrogen-bond acceptors (Lipinski definition) is 4. The van der Waals surface area contributed by atoms with Crippen LogP contribution in [-0.2, 0) is 17.8 Å². The van der Waals surface area contributed by atoms with Gasteiger partial charge in [0.25, 0.3) is 0 Å². The van der Waals surface area contributed by atoms with E-state index in [0.717, 1.165) is 43.6 Å². The molecule has 1 fully saturated rings. The number of benzene rings is 3. The molecule has 1 saturated carbocycles. The first-order valence-electron chi connectivity index (χ1n) is 14.4. The summed E-state index contributed by atoms with van der Waals surface area (Å²) < 4.78 is 18.0. The smallest absolute Gasteiger partial charge is 0.120 e. The van der Waals surface area contributed by atoms with Gasteiger partial charge in [0, 0.05) is 18.8 Å². The largest absolute Gasteiger partial charge is 0.490 e. The fraction of sp³-hybridized carbons (Fsp3) is 0.371. The van der Waals surface area contributed by atoms with Gasteiger partial charge in [-0.1, -0.05) is 72.8 Å². The van der Waals surface area contributed by atoms with Crippen molar-refractivity contribution in [3.8, 4) is 11.5 Å². The van der Waals surface area contributed by atoms with Crippen LogP contribution in [0.2, 0.25) is 0 Å². The summed E-state index contributed by atoms with van der Waals surface area (Å²) in [5.41, 5.74) is 5.37. The van der Waals surface area contributed by atoms with Gasteiger partial charge in [-0.3, -0.25) is 0 Å². The van der Waals surface area contributed by atoms with Crippen LogP contribution < -0.4 is 9.47 Å². The predicted molar refractivity (Wildman–Crippen MR) is 154 cm³/mol. The Bertz CT molecular complexity index is 1270. The monoisotopic (exact) mass is 522 g/mol. The number of rotatable bonds is 10. The van der Waals surface area contributed by atoms with Gasteiger partial charge in [0.05, 0.1) is 19.3 Å². The zero-order valence-electron chi connectivity index (χ0n) is 22.5. The number of aryl methyl sites for hydroxylation is 1. The SMILES string of the molecule is OCCOC1CC(Oc2ccc([C@@H]3c4ccc(OCc5ccccc5)cc4CC[C@@H]3C3C=CC=CC3)cc2)C1. The average Bonchev–Trinajstić information content (AvgIpc) is 2.98. The molecule has 3 aromatic rings. The second-order valence-corrected chi connectivity index (χ2v) is 11.0. The van der Waals surface area contributed by atoms with Crippen molar-refractivity contribution in [2.75, 3.05) is 13.2 Å². The van der Waals surface area contributed by atoms with E-state index in [4.69, 9.17) is 19.3 Å². The fourth-order valence-electron chi connectivity index (χ4n) is 6.37. The summed E-state index contributed by atoms with van der Waals surface area (Å²) in [5, 5.41) is 8.94. The van der Waals surface area contributed by atoms with Crippen molar-refractivity contribution in [3.05, 3.63) is 119 Å². The number of aliphatic hydroxyl groups excluding tert-OH is 1. The topological polar surface area (TPSA) is 47.9 Å². The van der Waals surface area contributed by atoms with E-state index in [1.807, 2.05) is 6.07 Å². The van der Waals surface area contributed by atoms with Gasteiger partial charge in [-0.2, -0.15) is 0 Å². The van der Waals surface area contributed by atoms with E-state index in [9.17, 15) is 0 Å². The van der Waals surface area contributed by atoms with Crippen molar-refractivity contribution in [3.63, 3.8) is 0 Å². The van der Waals surface area contributed by atoms with E-state index < -0.39 is 0 Å².